The molecule has 2 N–H and O–H groups in total. The zero-order valence-electron chi connectivity index (χ0n) is 17.9. The van der Waals surface area contributed by atoms with Crippen molar-refractivity contribution in [3.05, 3.63) is 54.0 Å². The topological polar surface area (TPSA) is 62.0 Å². The molecule has 0 radical (unpaired) electrons. The van der Waals surface area contributed by atoms with Gasteiger partial charge in [-0.05, 0) is 49.7 Å². The first-order valence-corrected chi connectivity index (χ1v) is 10.6. The Morgan fingerprint density at radius 2 is 1.86 bits per heavy atom. The Morgan fingerprint density at radius 3 is 2.55 bits per heavy atom. The van der Waals surface area contributed by atoms with Gasteiger partial charge in [0, 0.05) is 26.1 Å². The summed E-state index contributed by atoms with van der Waals surface area (Å²) in [5, 5.41) is 6.95. The van der Waals surface area contributed by atoms with Crippen LogP contribution in [-0.2, 0) is 0 Å². The van der Waals surface area contributed by atoms with Crippen LogP contribution in [0.15, 0.2) is 52.1 Å². The smallest absolute Gasteiger partial charge is 0.191 e. The maximum atomic E-state index is 5.74. The minimum absolute atomic E-state index is 0.218. The van der Waals surface area contributed by atoms with E-state index in [1.807, 2.05) is 31.3 Å². The number of ether oxygens (including phenoxy) is 1. The van der Waals surface area contributed by atoms with E-state index in [2.05, 4.69) is 39.6 Å². The molecule has 2 heterocycles. The van der Waals surface area contributed by atoms with Gasteiger partial charge in [-0.2, -0.15) is 0 Å². The predicted octanol–water partition coefficient (Wildman–Crippen LogP) is 3.78. The lowest BCUT2D eigenvalue weighted by atomic mass is 10.0. The van der Waals surface area contributed by atoms with Gasteiger partial charge in [-0.3, -0.25) is 9.89 Å². The number of hydrogen-bond donors (Lipinski definition) is 2. The second-order valence-corrected chi connectivity index (χ2v) is 7.60. The van der Waals surface area contributed by atoms with Crippen LogP contribution in [0, 0.1) is 0 Å². The highest BCUT2D eigenvalue weighted by Gasteiger charge is 2.24. The lowest BCUT2D eigenvalue weighted by molar-refractivity contribution is 0.146. The minimum atomic E-state index is 0.218. The summed E-state index contributed by atoms with van der Waals surface area (Å²) in [6.07, 6.45) is 5.58. The number of para-hydroxylation sites is 1. The lowest BCUT2D eigenvalue weighted by Crippen LogP contribution is -2.45. The van der Waals surface area contributed by atoms with Crippen LogP contribution in [0.3, 0.4) is 0 Å². The highest BCUT2D eigenvalue weighted by molar-refractivity contribution is 5.79. The van der Waals surface area contributed by atoms with Gasteiger partial charge in [0.1, 0.15) is 11.5 Å². The number of benzene rings is 1. The maximum absolute atomic E-state index is 5.74. The molecule has 2 atom stereocenters. The van der Waals surface area contributed by atoms with Crippen molar-refractivity contribution in [2.75, 3.05) is 40.3 Å². The minimum Gasteiger partial charge on any atom is -0.496 e. The number of hydrogen-bond acceptors (Lipinski definition) is 4. The molecule has 29 heavy (non-hydrogen) atoms. The second kappa shape index (κ2) is 10.9. The van der Waals surface area contributed by atoms with Crippen molar-refractivity contribution in [1.82, 2.24) is 15.5 Å². The Kier molecular flexibility index (Phi) is 7.99. The summed E-state index contributed by atoms with van der Waals surface area (Å²) >= 11 is 0. The quantitative estimate of drug-likeness (QED) is 0.523. The van der Waals surface area contributed by atoms with Crippen LogP contribution in [-0.4, -0.2) is 51.2 Å². The van der Waals surface area contributed by atoms with Crippen LogP contribution in [0.1, 0.15) is 49.5 Å². The van der Waals surface area contributed by atoms with Gasteiger partial charge in [-0.1, -0.05) is 31.5 Å². The molecule has 2 unspecified atom stereocenters. The number of methoxy groups -OCH3 is 1. The van der Waals surface area contributed by atoms with Crippen LogP contribution in [0.4, 0.5) is 0 Å². The molecule has 0 aliphatic carbocycles. The van der Waals surface area contributed by atoms with Gasteiger partial charge in [0.2, 0.25) is 0 Å². The molecule has 1 aromatic heterocycles. The molecule has 158 valence electrons. The highest BCUT2D eigenvalue weighted by atomic mass is 16.5. The molecule has 6 heteroatoms. The normalized spacial score (nSPS) is 17.6. The molecular formula is C23H34N4O2. The molecule has 1 fully saturated rings. The third-order valence-electron chi connectivity index (χ3n) is 5.64. The molecule has 1 aromatic carbocycles. The van der Waals surface area contributed by atoms with Gasteiger partial charge < -0.3 is 19.8 Å². The van der Waals surface area contributed by atoms with Crippen molar-refractivity contribution in [2.24, 2.45) is 4.99 Å². The molecular weight excluding hydrogens is 364 g/mol. The predicted molar refractivity (Wildman–Crippen MR) is 118 cm³/mol. The molecule has 0 amide bonds. The van der Waals surface area contributed by atoms with Crippen LogP contribution in [0.5, 0.6) is 5.75 Å². The zero-order valence-corrected chi connectivity index (χ0v) is 17.9. The molecule has 6 nitrogen and oxygen atoms in total. The number of likely N-dealkylation sites (tertiary alicyclic amines) is 1. The Labute approximate surface area is 174 Å². The van der Waals surface area contributed by atoms with Crippen molar-refractivity contribution in [3.8, 4) is 5.75 Å². The Morgan fingerprint density at radius 1 is 1.10 bits per heavy atom. The van der Waals surface area contributed by atoms with Gasteiger partial charge >= 0.3 is 0 Å². The van der Waals surface area contributed by atoms with E-state index in [-0.39, 0.29) is 6.04 Å². The van der Waals surface area contributed by atoms with E-state index in [0.29, 0.717) is 5.92 Å². The number of nitrogens with one attached hydrogen (secondary N) is 2. The molecule has 0 saturated carbocycles. The van der Waals surface area contributed by atoms with E-state index in [0.717, 1.165) is 43.6 Å². The van der Waals surface area contributed by atoms with Gasteiger partial charge in [0.25, 0.3) is 0 Å². The maximum Gasteiger partial charge on any atom is 0.191 e. The van der Waals surface area contributed by atoms with Crippen molar-refractivity contribution in [3.63, 3.8) is 0 Å². The Bertz CT molecular complexity index is 754. The third kappa shape index (κ3) is 5.76. The molecule has 2 aromatic rings. The number of rotatable bonds is 8. The van der Waals surface area contributed by atoms with Crippen LogP contribution in [0.2, 0.25) is 0 Å². The number of furan rings is 1. The van der Waals surface area contributed by atoms with E-state index in [9.17, 15) is 0 Å². The lowest BCUT2D eigenvalue weighted by Gasteiger charge is -2.33. The standard InChI is InChI=1S/C23H34N4O2/c1-18(19-10-5-6-11-21(19)28-3)16-25-23(24-2)26-17-20(22-12-9-15-29-22)27-13-7-4-8-14-27/h5-6,9-12,15,18,20H,4,7-8,13-14,16-17H2,1-3H3,(H2,24,25,26). The van der Waals surface area contributed by atoms with Crippen molar-refractivity contribution < 1.29 is 9.15 Å². The fraction of sp³-hybridized carbons (Fsp3) is 0.522. The SMILES string of the molecule is CN=C(NCC(C)c1ccccc1OC)NCC(c1ccco1)N1CCCCC1. The molecule has 1 aliphatic heterocycles. The van der Waals surface area contributed by atoms with Crippen LogP contribution >= 0.6 is 0 Å². The zero-order chi connectivity index (χ0) is 20.5. The molecule has 1 aliphatic rings. The van der Waals surface area contributed by atoms with Crippen molar-refractivity contribution in [1.29, 1.82) is 0 Å². The Hall–Kier alpha value is -2.47. The van der Waals surface area contributed by atoms with Crippen molar-refractivity contribution >= 4 is 5.96 Å². The summed E-state index contributed by atoms with van der Waals surface area (Å²) in [4.78, 5) is 6.92. The summed E-state index contributed by atoms with van der Waals surface area (Å²) in [7, 11) is 3.53. The molecule has 3 rings (SSSR count). The monoisotopic (exact) mass is 398 g/mol. The first-order valence-electron chi connectivity index (χ1n) is 10.6. The summed E-state index contributed by atoms with van der Waals surface area (Å²) in [6, 6.07) is 12.4. The number of nitrogens with zero attached hydrogens (tertiary/aromatic N) is 2. The Balaban J connectivity index is 1.57. The van der Waals surface area contributed by atoms with E-state index < -0.39 is 0 Å². The molecule has 0 bridgehead atoms. The fourth-order valence-corrected chi connectivity index (χ4v) is 3.97. The summed E-state index contributed by atoms with van der Waals surface area (Å²) in [6.45, 7) is 5.96. The van der Waals surface area contributed by atoms with E-state index >= 15 is 0 Å². The van der Waals surface area contributed by atoms with Crippen LogP contribution in [0.25, 0.3) is 0 Å². The average molecular weight is 399 g/mol. The van der Waals surface area contributed by atoms with Crippen molar-refractivity contribution in [2.45, 2.75) is 38.1 Å². The van der Waals surface area contributed by atoms with Gasteiger partial charge in [0.05, 0.1) is 19.4 Å². The van der Waals surface area contributed by atoms with Gasteiger partial charge in [0.15, 0.2) is 5.96 Å². The number of piperidine rings is 1. The first kappa shape index (κ1) is 21.2. The second-order valence-electron chi connectivity index (χ2n) is 7.60. The number of aliphatic imine (C=N–C) groups is 1. The van der Waals surface area contributed by atoms with E-state index in [4.69, 9.17) is 9.15 Å². The summed E-state index contributed by atoms with van der Waals surface area (Å²) in [5.74, 6) is 3.04. The third-order valence-corrected chi connectivity index (χ3v) is 5.64. The average Bonchev–Trinajstić information content (AvgIpc) is 3.31. The first-order chi connectivity index (χ1) is 14.2. The summed E-state index contributed by atoms with van der Waals surface area (Å²) in [5.41, 5.74) is 1.19. The number of guanidine groups is 1. The fourth-order valence-electron chi connectivity index (χ4n) is 3.97. The van der Waals surface area contributed by atoms with Crippen LogP contribution < -0.4 is 15.4 Å². The largest absolute Gasteiger partial charge is 0.496 e. The highest BCUT2D eigenvalue weighted by Crippen LogP contribution is 2.26. The van der Waals surface area contributed by atoms with E-state index in [1.165, 1.54) is 24.8 Å². The molecule has 0 spiro atoms. The van der Waals surface area contributed by atoms with Gasteiger partial charge in [-0.25, -0.2) is 0 Å². The summed E-state index contributed by atoms with van der Waals surface area (Å²) < 4.78 is 11.2. The molecule has 1 saturated heterocycles. The van der Waals surface area contributed by atoms with Gasteiger partial charge in [-0.15, -0.1) is 0 Å². The van der Waals surface area contributed by atoms with E-state index in [1.54, 1.807) is 13.4 Å².